The number of hydrogen-bond donors (Lipinski definition) is 1. The molecular formula is C21H23N7O. The third-order valence-corrected chi connectivity index (χ3v) is 4.69. The Morgan fingerprint density at radius 3 is 2.59 bits per heavy atom. The van der Waals surface area contributed by atoms with Crippen LogP contribution in [-0.4, -0.2) is 42.0 Å². The van der Waals surface area contributed by atoms with Crippen molar-refractivity contribution in [2.75, 3.05) is 6.54 Å². The van der Waals surface area contributed by atoms with Gasteiger partial charge in [-0.15, -0.1) is 15.3 Å². The molecule has 0 spiro atoms. The van der Waals surface area contributed by atoms with Crippen molar-refractivity contribution >= 4 is 11.6 Å². The van der Waals surface area contributed by atoms with E-state index in [4.69, 9.17) is 0 Å². The van der Waals surface area contributed by atoms with Crippen LogP contribution in [0.15, 0.2) is 48.5 Å². The van der Waals surface area contributed by atoms with Crippen LogP contribution in [0.3, 0.4) is 0 Å². The molecule has 0 aliphatic rings. The van der Waals surface area contributed by atoms with E-state index in [1.54, 1.807) is 9.20 Å². The number of aromatic nitrogens is 6. The molecule has 0 atom stereocenters. The van der Waals surface area contributed by atoms with E-state index in [-0.39, 0.29) is 5.91 Å². The second-order valence-electron chi connectivity index (χ2n) is 7.00. The Bertz CT molecular complexity index is 1130. The number of hydrogen-bond acceptors (Lipinski definition) is 5. The van der Waals surface area contributed by atoms with Gasteiger partial charge in [-0.3, -0.25) is 4.79 Å². The topological polar surface area (TPSA) is 90.0 Å². The summed E-state index contributed by atoms with van der Waals surface area (Å²) in [5, 5.41) is 20.4. The maximum atomic E-state index is 12.2. The van der Waals surface area contributed by atoms with Crippen molar-refractivity contribution in [1.82, 2.24) is 34.9 Å². The Balaban J connectivity index is 1.39. The molecule has 3 heterocycles. The monoisotopic (exact) mass is 389 g/mol. The van der Waals surface area contributed by atoms with Gasteiger partial charge in [0.05, 0.1) is 5.69 Å². The molecule has 8 nitrogen and oxygen atoms in total. The lowest BCUT2D eigenvalue weighted by atomic mass is 10.1. The van der Waals surface area contributed by atoms with Crippen molar-refractivity contribution in [2.45, 2.75) is 33.1 Å². The molecule has 4 aromatic rings. The molecule has 3 aromatic heterocycles. The Morgan fingerprint density at radius 2 is 1.83 bits per heavy atom. The molecule has 1 aromatic carbocycles. The van der Waals surface area contributed by atoms with Crippen LogP contribution >= 0.6 is 0 Å². The number of amides is 1. The summed E-state index contributed by atoms with van der Waals surface area (Å²) in [4.78, 5) is 12.2. The fourth-order valence-electron chi connectivity index (χ4n) is 3.26. The average molecular weight is 389 g/mol. The first-order valence-electron chi connectivity index (χ1n) is 9.66. The minimum absolute atomic E-state index is 0.00705. The van der Waals surface area contributed by atoms with Gasteiger partial charge in [-0.25, -0.2) is 4.68 Å². The zero-order valence-electron chi connectivity index (χ0n) is 16.5. The molecule has 148 valence electrons. The molecule has 0 aliphatic carbocycles. The lowest BCUT2D eigenvalue weighted by molar-refractivity contribution is -0.121. The van der Waals surface area contributed by atoms with Crippen LogP contribution in [0, 0.1) is 13.8 Å². The van der Waals surface area contributed by atoms with Gasteiger partial charge in [0.15, 0.2) is 17.3 Å². The molecule has 1 N–H and O–H groups in total. The van der Waals surface area contributed by atoms with Crippen molar-refractivity contribution in [2.24, 2.45) is 0 Å². The van der Waals surface area contributed by atoms with Crippen LogP contribution in [0.4, 0.5) is 0 Å². The Kier molecular flexibility index (Phi) is 5.33. The van der Waals surface area contributed by atoms with Gasteiger partial charge in [0.2, 0.25) is 5.91 Å². The maximum Gasteiger partial charge on any atom is 0.220 e. The zero-order valence-corrected chi connectivity index (χ0v) is 16.5. The van der Waals surface area contributed by atoms with Crippen LogP contribution in [-0.2, 0) is 17.6 Å². The van der Waals surface area contributed by atoms with E-state index < -0.39 is 0 Å². The van der Waals surface area contributed by atoms with Crippen LogP contribution in [0.1, 0.15) is 29.2 Å². The number of carbonyl (C=O) groups excluding carboxylic acids is 1. The first kappa shape index (κ1) is 18.8. The molecule has 1 amide bonds. The van der Waals surface area contributed by atoms with Crippen molar-refractivity contribution in [3.05, 3.63) is 71.3 Å². The van der Waals surface area contributed by atoms with E-state index in [0.29, 0.717) is 36.7 Å². The third kappa shape index (κ3) is 4.31. The Hall–Kier alpha value is -3.55. The number of benzene rings is 1. The molecule has 29 heavy (non-hydrogen) atoms. The van der Waals surface area contributed by atoms with E-state index in [0.717, 1.165) is 17.8 Å². The second kappa shape index (κ2) is 8.22. The summed E-state index contributed by atoms with van der Waals surface area (Å²) in [6, 6.07) is 15.8. The van der Waals surface area contributed by atoms with Crippen LogP contribution < -0.4 is 5.32 Å². The lowest BCUT2D eigenvalue weighted by Gasteiger charge is -2.06. The summed E-state index contributed by atoms with van der Waals surface area (Å²) >= 11 is 0. The first-order chi connectivity index (χ1) is 14.1. The number of rotatable bonds is 7. The van der Waals surface area contributed by atoms with Gasteiger partial charge in [-0.1, -0.05) is 30.3 Å². The third-order valence-electron chi connectivity index (χ3n) is 4.69. The number of fused-ring (bicyclic) bond motifs is 1. The fourth-order valence-corrected chi connectivity index (χ4v) is 3.26. The summed E-state index contributed by atoms with van der Waals surface area (Å²) in [6.07, 6.45) is 1.61. The van der Waals surface area contributed by atoms with Gasteiger partial charge >= 0.3 is 0 Å². The minimum atomic E-state index is -0.00705. The quantitative estimate of drug-likeness (QED) is 0.523. The van der Waals surface area contributed by atoms with Crippen LogP contribution in [0.5, 0.6) is 0 Å². The van der Waals surface area contributed by atoms with E-state index in [1.165, 1.54) is 5.56 Å². The Morgan fingerprint density at radius 1 is 1.00 bits per heavy atom. The summed E-state index contributed by atoms with van der Waals surface area (Å²) in [6.45, 7) is 4.55. The van der Waals surface area contributed by atoms with Gasteiger partial charge in [0, 0.05) is 25.1 Å². The molecule has 4 rings (SSSR count). The highest BCUT2D eigenvalue weighted by atomic mass is 16.1. The van der Waals surface area contributed by atoms with Gasteiger partial charge in [-0.05, 0) is 44.0 Å². The van der Waals surface area contributed by atoms with Gasteiger partial charge in [0.25, 0.3) is 0 Å². The van der Waals surface area contributed by atoms with Crippen molar-refractivity contribution in [1.29, 1.82) is 0 Å². The SMILES string of the molecule is Cc1cc(C)n(-c2ccc3nnc(CCC(=O)NCCc4ccccc4)n3n2)n1. The van der Waals surface area contributed by atoms with Crippen molar-refractivity contribution < 1.29 is 4.79 Å². The maximum absolute atomic E-state index is 12.2. The molecule has 0 bridgehead atoms. The van der Waals surface area contributed by atoms with E-state index in [9.17, 15) is 4.79 Å². The summed E-state index contributed by atoms with van der Waals surface area (Å²) in [5.41, 5.74) is 3.79. The molecule has 0 radical (unpaired) electrons. The Labute approximate surface area is 168 Å². The number of nitrogens with zero attached hydrogens (tertiary/aromatic N) is 6. The highest BCUT2D eigenvalue weighted by Crippen LogP contribution is 2.12. The average Bonchev–Trinajstić information content (AvgIpc) is 3.28. The largest absolute Gasteiger partial charge is 0.356 e. The van der Waals surface area contributed by atoms with Crippen molar-refractivity contribution in [3.8, 4) is 5.82 Å². The van der Waals surface area contributed by atoms with E-state index in [1.807, 2.05) is 50.2 Å². The summed E-state index contributed by atoms with van der Waals surface area (Å²) in [5.74, 6) is 1.34. The van der Waals surface area contributed by atoms with Gasteiger partial charge < -0.3 is 5.32 Å². The molecule has 8 heteroatoms. The lowest BCUT2D eigenvalue weighted by Crippen LogP contribution is -2.26. The number of nitrogens with one attached hydrogen (secondary N) is 1. The highest BCUT2D eigenvalue weighted by Gasteiger charge is 2.12. The summed E-state index contributed by atoms with van der Waals surface area (Å²) in [7, 11) is 0. The fraction of sp³-hybridized carbons (Fsp3) is 0.286. The molecule has 0 saturated heterocycles. The molecular weight excluding hydrogens is 366 g/mol. The molecule has 0 aliphatic heterocycles. The zero-order chi connectivity index (χ0) is 20.2. The first-order valence-corrected chi connectivity index (χ1v) is 9.66. The van der Waals surface area contributed by atoms with Crippen LogP contribution in [0.2, 0.25) is 0 Å². The predicted molar refractivity (Wildman–Crippen MR) is 109 cm³/mol. The molecule has 0 unspecified atom stereocenters. The summed E-state index contributed by atoms with van der Waals surface area (Å²) < 4.78 is 3.47. The molecule has 0 fully saturated rings. The number of carbonyl (C=O) groups is 1. The molecule has 0 saturated carbocycles. The minimum Gasteiger partial charge on any atom is -0.356 e. The predicted octanol–water partition coefficient (Wildman–Crippen LogP) is 2.22. The number of aryl methyl sites for hydroxylation is 3. The van der Waals surface area contributed by atoms with Gasteiger partial charge in [0.1, 0.15) is 0 Å². The van der Waals surface area contributed by atoms with Crippen LogP contribution in [0.25, 0.3) is 11.5 Å². The van der Waals surface area contributed by atoms with Gasteiger partial charge in [-0.2, -0.15) is 9.61 Å². The normalized spacial score (nSPS) is 11.1. The standard InChI is InChI=1S/C21H23N7O/c1-15-14-16(2)27(25-15)20-9-8-18-23-24-19(28(18)26-20)10-11-21(29)22-13-12-17-6-4-3-5-7-17/h3-9,14H,10-13H2,1-2H3,(H,22,29). The highest BCUT2D eigenvalue weighted by molar-refractivity contribution is 5.76. The van der Waals surface area contributed by atoms with E-state index >= 15 is 0 Å². The smallest absolute Gasteiger partial charge is 0.220 e. The second-order valence-corrected chi connectivity index (χ2v) is 7.00. The van der Waals surface area contributed by atoms with Crippen molar-refractivity contribution in [3.63, 3.8) is 0 Å². The van der Waals surface area contributed by atoms with E-state index in [2.05, 4.69) is 37.8 Å².